The zero-order valence-corrected chi connectivity index (χ0v) is 14.3. The predicted molar refractivity (Wildman–Crippen MR) is 92.4 cm³/mol. The molecule has 132 valence electrons. The van der Waals surface area contributed by atoms with Crippen LogP contribution in [0.2, 0.25) is 0 Å². The molecule has 7 nitrogen and oxygen atoms in total. The second-order valence-corrected chi connectivity index (χ2v) is 8.35. The predicted octanol–water partition coefficient (Wildman–Crippen LogP) is 0.920. The Kier molecular flexibility index (Phi) is 4.80. The summed E-state index contributed by atoms with van der Waals surface area (Å²) in [7, 11) is -3.19. The van der Waals surface area contributed by atoms with Crippen LogP contribution in [0.5, 0.6) is 0 Å². The molecule has 0 unspecified atom stereocenters. The molecule has 0 radical (unpaired) electrons. The van der Waals surface area contributed by atoms with Crippen molar-refractivity contribution >= 4 is 27.3 Å². The molecule has 0 aromatic heterocycles. The van der Waals surface area contributed by atoms with Gasteiger partial charge in [0.1, 0.15) is 0 Å². The van der Waals surface area contributed by atoms with Gasteiger partial charge >= 0.3 is 0 Å². The van der Waals surface area contributed by atoms with E-state index >= 15 is 0 Å². The van der Waals surface area contributed by atoms with Crippen LogP contribution >= 0.6 is 0 Å². The summed E-state index contributed by atoms with van der Waals surface area (Å²) in [5.74, 6) is 0.0851. The number of benzene rings is 1. The number of rotatable bonds is 4. The van der Waals surface area contributed by atoms with Gasteiger partial charge in [-0.2, -0.15) is 0 Å². The van der Waals surface area contributed by atoms with Crippen LogP contribution in [0.3, 0.4) is 0 Å². The third-order valence-corrected chi connectivity index (χ3v) is 6.70. The lowest BCUT2D eigenvalue weighted by Crippen LogP contribution is -2.46. The summed E-state index contributed by atoms with van der Waals surface area (Å²) in [5.41, 5.74) is 6.52. The van der Waals surface area contributed by atoms with E-state index < -0.39 is 15.4 Å². The Morgan fingerprint density at radius 2 is 1.92 bits per heavy atom. The minimum Gasteiger partial charge on any atom is -0.381 e. The fourth-order valence-corrected chi connectivity index (χ4v) is 4.75. The van der Waals surface area contributed by atoms with E-state index in [0.29, 0.717) is 50.4 Å². The summed E-state index contributed by atoms with van der Waals surface area (Å²) >= 11 is 0. The lowest BCUT2D eigenvalue weighted by molar-refractivity contribution is -0.130. The fourth-order valence-electron chi connectivity index (χ4n) is 3.19. The third-order valence-electron chi connectivity index (χ3n) is 4.83. The Labute approximate surface area is 142 Å². The van der Waals surface area contributed by atoms with Crippen LogP contribution < -0.4 is 15.4 Å². The Morgan fingerprint density at radius 1 is 1.25 bits per heavy atom. The van der Waals surface area contributed by atoms with E-state index in [1.807, 2.05) is 0 Å². The van der Waals surface area contributed by atoms with Crippen molar-refractivity contribution < 1.29 is 17.9 Å². The molecular formula is C16H23N3O4S. The van der Waals surface area contributed by atoms with Crippen LogP contribution in [0, 0.1) is 5.41 Å². The lowest BCUT2D eigenvalue weighted by Gasteiger charge is -2.34. The number of nitrogens with two attached hydrogens (primary N) is 1. The van der Waals surface area contributed by atoms with Gasteiger partial charge in [-0.3, -0.25) is 9.10 Å². The largest absolute Gasteiger partial charge is 0.381 e. The molecule has 0 atom stereocenters. The van der Waals surface area contributed by atoms with Crippen LogP contribution in [0.25, 0.3) is 0 Å². The van der Waals surface area contributed by atoms with Gasteiger partial charge in [0.05, 0.1) is 16.9 Å². The molecule has 3 N–H and O–H groups in total. The molecule has 0 aliphatic carbocycles. The second kappa shape index (κ2) is 6.70. The SMILES string of the molecule is NCC1(C(=O)Nc2ccc(N3CCCS3(=O)=O)cc2)CCOCC1. The van der Waals surface area contributed by atoms with E-state index in [2.05, 4.69) is 5.32 Å². The summed E-state index contributed by atoms with van der Waals surface area (Å²) in [6, 6.07) is 6.89. The van der Waals surface area contributed by atoms with Gasteiger partial charge in [0, 0.05) is 32.0 Å². The monoisotopic (exact) mass is 353 g/mol. The van der Waals surface area contributed by atoms with E-state index in [4.69, 9.17) is 10.5 Å². The van der Waals surface area contributed by atoms with Gasteiger partial charge in [-0.1, -0.05) is 0 Å². The zero-order valence-electron chi connectivity index (χ0n) is 13.5. The number of hydrogen-bond donors (Lipinski definition) is 2. The van der Waals surface area contributed by atoms with Gasteiger partial charge < -0.3 is 15.8 Å². The van der Waals surface area contributed by atoms with Gasteiger partial charge in [0.15, 0.2) is 0 Å². The number of nitrogens with one attached hydrogen (secondary N) is 1. The lowest BCUT2D eigenvalue weighted by atomic mass is 9.79. The average Bonchev–Trinajstić information content (AvgIpc) is 2.95. The maximum atomic E-state index is 12.6. The Hall–Kier alpha value is -1.64. The molecule has 2 fully saturated rings. The highest BCUT2D eigenvalue weighted by atomic mass is 32.2. The standard InChI is InChI=1S/C16H23N3O4S/c17-12-16(6-9-23-10-7-16)15(20)18-13-2-4-14(5-3-13)19-8-1-11-24(19,21)22/h2-5H,1,6-12,17H2,(H,18,20). The van der Waals surface area contributed by atoms with Crippen molar-refractivity contribution in [3.63, 3.8) is 0 Å². The van der Waals surface area contributed by atoms with Crippen molar-refractivity contribution in [1.29, 1.82) is 0 Å². The molecule has 3 rings (SSSR count). The molecule has 24 heavy (non-hydrogen) atoms. The Morgan fingerprint density at radius 3 is 2.46 bits per heavy atom. The zero-order chi connectivity index (χ0) is 17.2. The molecule has 1 aromatic carbocycles. The summed E-state index contributed by atoms with van der Waals surface area (Å²) < 4.78 is 30.6. The third kappa shape index (κ3) is 3.26. The molecule has 0 bridgehead atoms. The molecule has 1 aromatic rings. The maximum Gasteiger partial charge on any atom is 0.235 e. The minimum atomic E-state index is -3.19. The van der Waals surface area contributed by atoms with E-state index in [1.54, 1.807) is 24.3 Å². The first-order valence-electron chi connectivity index (χ1n) is 8.17. The van der Waals surface area contributed by atoms with Gasteiger partial charge in [-0.05, 0) is 43.5 Å². The van der Waals surface area contributed by atoms with Crippen LogP contribution in [0.1, 0.15) is 19.3 Å². The highest BCUT2D eigenvalue weighted by Crippen LogP contribution is 2.31. The molecule has 8 heteroatoms. The number of anilines is 2. The van der Waals surface area contributed by atoms with E-state index in [-0.39, 0.29) is 18.2 Å². The number of carbonyl (C=O) groups excluding carboxylic acids is 1. The number of nitrogens with zero attached hydrogens (tertiary/aromatic N) is 1. The van der Waals surface area contributed by atoms with Crippen LogP contribution in [0.4, 0.5) is 11.4 Å². The van der Waals surface area contributed by atoms with Crippen molar-refractivity contribution in [2.45, 2.75) is 19.3 Å². The van der Waals surface area contributed by atoms with Crippen LogP contribution in [0.15, 0.2) is 24.3 Å². The number of amides is 1. The fraction of sp³-hybridized carbons (Fsp3) is 0.562. The quantitative estimate of drug-likeness (QED) is 0.838. The van der Waals surface area contributed by atoms with Crippen molar-refractivity contribution in [2.24, 2.45) is 11.1 Å². The average molecular weight is 353 g/mol. The van der Waals surface area contributed by atoms with Crippen molar-refractivity contribution in [2.75, 3.05) is 41.7 Å². The van der Waals surface area contributed by atoms with Gasteiger partial charge in [0.2, 0.25) is 15.9 Å². The summed E-state index contributed by atoms with van der Waals surface area (Å²) in [4.78, 5) is 12.6. The number of ether oxygens (including phenoxy) is 1. The summed E-state index contributed by atoms with van der Waals surface area (Å²) in [5, 5.41) is 2.90. The van der Waals surface area contributed by atoms with Gasteiger partial charge in [-0.25, -0.2) is 8.42 Å². The molecule has 1 amide bonds. The van der Waals surface area contributed by atoms with Gasteiger partial charge in [-0.15, -0.1) is 0 Å². The van der Waals surface area contributed by atoms with E-state index in [1.165, 1.54) is 4.31 Å². The van der Waals surface area contributed by atoms with E-state index in [9.17, 15) is 13.2 Å². The minimum absolute atomic E-state index is 0.102. The first kappa shape index (κ1) is 17.2. The molecule has 0 saturated carbocycles. The molecular weight excluding hydrogens is 330 g/mol. The smallest absolute Gasteiger partial charge is 0.235 e. The maximum absolute atomic E-state index is 12.6. The molecule has 2 aliphatic heterocycles. The molecule has 2 saturated heterocycles. The number of carbonyl (C=O) groups is 1. The topological polar surface area (TPSA) is 102 Å². The molecule has 2 aliphatic rings. The normalized spacial score (nSPS) is 22.3. The van der Waals surface area contributed by atoms with Crippen molar-refractivity contribution in [3.8, 4) is 0 Å². The van der Waals surface area contributed by atoms with Crippen LogP contribution in [-0.2, 0) is 19.6 Å². The number of sulfonamides is 1. The summed E-state index contributed by atoms with van der Waals surface area (Å²) in [6.45, 7) is 1.86. The van der Waals surface area contributed by atoms with Crippen molar-refractivity contribution in [3.05, 3.63) is 24.3 Å². The van der Waals surface area contributed by atoms with Crippen LogP contribution in [-0.4, -0.2) is 46.4 Å². The molecule has 2 heterocycles. The Balaban J connectivity index is 1.71. The summed E-state index contributed by atoms with van der Waals surface area (Å²) in [6.07, 6.45) is 1.86. The second-order valence-electron chi connectivity index (χ2n) is 6.34. The first-order valence-corrected chi connectivity index (χ1v) is 9.78. The van der Waals surface area contributed by atoms with Gasteiger partial charge in [0.25, 0.3) is 0 Å². The highest BCUT2D eigenvalue weighted by molar-refractivity contribution is 7.93. The van der Waals surface area contributed by atoms with Crippen molar-refractivity contribution in [1.82, 2.24) is 0 Å². The first-order chi connectivity index (χ1) is 11.5. The van der Waals surface area contributed by atoms with E-state index in [0.717, 1.165) is 0 Å². The molecule has 0 spiro atoms. The number of hydrogen-bond acceptors (Lipinski definition) is 5. The Bertz CT molecular complexity index is 697. The highest BCUT2D eigenvalue weighted by Gasteiger charge is 2.38.